The first-order valence-corrected chi connectivity index (χ1v) is 8.62. The predicted molar refractivity (Wildman–Crippen MR) is 105 cm³/mol. The van der Waals surface area contributed by atoms with Gasteiger partial charge in [-0.15, -0.1) is 12.4 Å². The van der Waals surface area contributed by atoms with Crippen LogP contribution in [0.2, 0.25) is 0 Å². The first kappa shape index (κ1) is 19.1. The number of amides is 1. The van der Waals surface area contributed by atoms with Gasteiger partial charge in [0, 0.05) is 43.5 Å². The van der Waals surface area contributed by atoms with Gasteiger partial charge in [0.1, 0.15) is 6.26 Å². The van der Waals surface area contributed by atoms with Crippen molar-refractivity contribution in [2.75, 3.05) is 18.4 Å². The highest BCUT2D eigenvalue weighted by atomic mass is 35.5. The number of halogens is 1. The molecule has 2 atom stereocenters. The minimum Gasteiger partial charge on any atom is -0.445 e. The van der Waals surface area contributed by atoms with Gasteiger partial charge in [0.05, 0.1) is 18.3 Å². The standard InChI is InChI=1S/C19H21N5O2.ClH/c1-12-3-4-14(7-15(12)19-21-5-6-26-19)23-18(25)17-10-20-9-16(17)13-8-22-24(2)11-13;/h3-8,11,16-17,20H,9-10H2,1-2H3,(H,23,25);1H/t16-,17+;/m1./s1. The number of aromatic nitrogens is 3. The van der Waals surface area contributed by atoms with Gasteiger partial charge in [0.25, 0.3) is 0 Å². The third kappa shape index (κ3) is 3.89. The molecule has 1 aromatic carbocycles. The summed E-state index contributed by atoms with van der Waals surface area (Å²) in [7, 11) is 1.89. The molecule has 7 nitrogen and oxygen atoms in total. The van der Waals surface area contributed by atoms with Crippen LogP contribution in [-0.2, 0) is 11.8 Å². The van der Waals surface area contributed by atoms with Crippen LogP contribution in [-0.4, -0.2) is 33.8 Å². The van der Waals surface area contributed by atoms with E-state index in [1.54, 1.807) is 17.1 Å². The highest BCUT2D eigenvalue weighted by Crippen LogP contribution is 2.30. The number of benzene rings is 1. The molecule has 0 unspecified atom stereocenters. The first-order valence-electron chi connectivity index (χ1n) is 8.62. The van der Waals surface area contributed by atoms with Gasteiger partial charge < -0.3 is 15.1 Å². The Bertz CT molecular complexity index is 922. The summed E-state index contributed by atoms with van der Waals surface area (Å²) in [5.74, 6) is 0.548. The van der Waals surface area contributed by atoms with Gasteiger partial charge in [-0.2, -0.15) is 5.10 Å². The van der Waals surface area contributed by atoms with E-state index in [1.807, 2.05) is 44.6 Å². The topological polar surface area (TPSA) is 85.0 Å². The lowest BCUT2D eigenvalue weighted by molar-refractivity contribution is -0.119. The number of carbonyl (C=O) groups is 1. The zero-order valence-corrected chi connectivity index (χ0v) is 16.0. The molecule has 1 fully saturated rings. The van der Waals surface area contributed by atoms with Gasteiger partial charge in [0.2, 0.25) is 11.8 Å². The molecular formula is C19H22ClN5O2. The van der Waals surface area contributed by atoms with Crippen molar-refractivity contribution in [3.63, 3.8) is 0 Å². The van der Waals surface area contributed by atoms with Crippen molar-refractivity contribution in [1.82, 2.24) is 20.1 Å². The highest BCUT2D eigenvalue weighted by molar-refractivity contribution is 5.94. The molecule has 0 radical (unpaired) electrons. The molecule has 4 rings (SSSR count). The summed E-state index contributed by atoms with van der Waals surface area (Å²) in [6.45, 7) is 3.42. The Morgan fingerprint density at radius 1 is 1.37 bits per heavy atom. The van der Waals surface area contributed by atoms with Crippen LogP contribution in [0, 0.1) is 12.8 Å². The molecule has 27 heavy (non-hydrogen) atoms. The minimum atomic E-state index is -0.134. The lowest BCUT2D eigenvalue weighted by Crippen LogP contribution is -2.28. The molecule has 0 spiro atoms. The van der Waals surface area contributed by atoms with Gasteiger partial charge in [-0.25, -0.2) is 4.98 Å². The smallest absolute Gasteiger partial charge is 0.229 e. The van der Waals surface area contributed by atoms with E-state index in [2.05, 4.69) is 20.7 Å². The molecule has 3 aromatic rings. The van der Waals surface area contributed by atoms with E-state index < -0.39 is 0 Å². The van der Waals surface area contributed by atoms with Crippen molar-refractivity contribution in [2.45, 2.75) is 12.8 Å². The van der Waals surface area contributed by atoms with E-state index in [1.165, 1.54) is 0 Å². The van der Waals surface area contributed by atoms with Gasteiger partial charge >= 0.3 is 0 Å². The van der Waals surface area contributed by atoms with E-state index >= 15 is 0 Å². The maximum absolute atomic E-state index is 12.9. The van der Waals surface area contributed by atoms with Gasteiger partial charge in [-0.3, -0.25) is 9.48 Å². The Kier molecular flexibility index (Phi) is 5.62. The molecule has 0 bridgehead atoms. The van der Waals surface area contributed by atoms with Crippen molar-refractivity contribution in [3.05, 3.63) is 54.2 Å². The molecule has 2 N–H and O–H groups in total. The molecule has 142 valence electrons. The van der Waals surface area contributed by atoms with Crippen LogP contribution in [0.4, 0.5) is 5.69 Å². The molecule has 8 heteroatoms. The number of carbonyl (C=O) groups excluding carboxylic acids is 1. The largest absolute Gasteiger partial charge is 0.445 e. The molecule has 1 aliphatic rings. The third-order valence-electron chi connectivity index (χ3n) is 4.87. The molecule has 0 saturated carbocycles. The Labute approximate surface area is 163 Å². The fourth-order valence-electron chi connectivity index (χ4n) is 3.46. The summed E-state index contributed by atoms with van der Waals surface area (Å²) < 4.78 is 7.16. The van der Waals surface area contributed by atoms with Crippen molar-refractivity contribution >= 4 is 24.0 Å². The maximum atomic E-state index is 12.9. The lowest BCUT2D eigenvalue weighted by Gasteiger charge is -2.17. The second-order valence-corrected chi connectivity index (χ2v) is 6.67. The summed E-state index contributed by atoms with van der Waals surface area (Å²) in [5, 5.41) is 10.6. The van der Waals surface area contributed by atoms with Crippen molar-refractivity contribution in [1.29, 1.82) is 0 Å². The SMILES string of the molecule is Cc1ccc(NC(=O)[C@H]2CNC[C@@H]2c2cnn(C)c2)cc1-c1ncco1.Cl. The number of nitrogens with zero attached hydrogens (tertiary/aromatic N) is 3. The molecule has 3 heterocycles. The number of hydrogen-bond acceptors (Lipinski definition) is 5. The number of anilines is 1. The van der Waals surface area contributed by atoms with E-state index in [0.717, 1.165) is 28.9 Å². The Morgan fingerprint density at radius 3 is 2.93 bits per heavy atom. The van der Waals surface area contributed by atoms with Crippen LogP contribution in [0.3, 0.4) is 0 Å². The normalized spacial score (nSPS) is 18.9. The number of rotatable bonds is 4. The molecule has 1 saturated heterocycles. The third-order valence-corrected chi connectivity index (χ3v) is 4.87. The van der Waals surface area contributed by atoms with Crippen LogP contribution in [0.1, 0.15) is 17.0 Å². The van der Waals surface area contributed by atoms with Gasteiger partial charge in [-0.05, 0) is 30.2 Å². The summed E-state index contributed by atoms with van der Waals surface area (Å²) in [6.07, 6.45) is 6.97. The molecule has 1 aliphatic heterocycles. The summed E-state index contributed by atoms with van der Waals surface area (Å²) >= 11 is 0. The summed E-state index contributed by atoms with van der Waals surface area (Å²) in [4.78, 5) is 17.1. The quantitative estimate of drug-likeness (QED) is 0.719. The summed E-state index contributed by atoms with van der Waals surface area (Å²) in [6, 6.07) is 5.77. The predicted octanol–water partition coefficient (Wildman–Crippen LogP) is 2.75. The van der Waals surface area contributed by atoms with Crippen molar-refractivity contribution in [2.24, 2.45) is 13.0 Å². The minimum absolute atomic E-state index is 0. The molecule has 1 amide bonds. The average molecular weight is 388 g/mol. The van der Waals surface area contributed by atoms with Crippen LogP contribution in [0.5, 0.6) is 0 Å². The Balaban J connectivity index is 0.00000210. The Morgan fingerprint density at radius 2 is 2.22 bits per heavy atom. The molecule has 2 aromatic heterocycles. The molecular weight excluding hydrogens is 366 g/mol. The van der Waals surface area contributed by atoms with E-state index in [9.17, 15) is 4.79 Å². The maximum Gasteiger partial charge on any atom is 0.229 e. The lowest BCUT2D eigenvalue weighted by atomic mass is 9.90. The van der Waals surface area contributed by atoms with Crippen molar-refractivity contribution < 1.29 is 9.21 Å². The van der Waals surface area contributed by atoms with Crippen LogP contribution < -0.4 is 10.6 Å². The van der Waals surface area contributed by atoms with Gasteiger partial charge in [0.15, 0.2) is 0 Å². The highest BCUT2D eigenvalue weighted by Gasteiger charge is 2.34. The number of oxazole rings is 1. The summed E-state index contributed by atoms with van der Waals surface area (Å²) in [5.41, 5.74) is 3.75. The van der Waals surface area contributed by atoms with Crippen LogP contribution >= 0.6 is 12.4 Å². The first-order chi connectivity index (χ1) is 12.6. The number of hydrogen-bond donors (Lipinski definition) is 2. The van der Waals surface area contributed by atoms with E-state index in [4.69, 9.17) is 4.42 Å². The zero-order chi connectivity index (χ0) is 18.1. The average Bonchev–Trinajstić information content (AvgIpc) is 3.37. The molecule has 0 aliphatic carbocycles. The fourth-order valence-corrected chi connectivity index (χ4v) is 3.46. The van der Waals surface area contributed by atoms with Crippen LogP contribution in [0.15, 0.2) is 47.5 Å². The van der Waals surface area contributed by atoms with E-state index in [0.29, 0.717) is 12.4 Å². The second kappa shape index (κ2) is 7.94. The zero-order valence-electron chi connectivity index (χ0n) is 15.2. The van der Waals surface area contributed by atoms with Crippen LogP contribution in [0.25, 0.3) is 11.5 Å². The monoisotopic (exact) mass is 387 g/mol. The number of nitrogens with one attached hydrogen (secondary N) is 2. The van der Waals surface area contributed by atoms with Crippen molar-refractivity contribution in [3.8, 4) is 11.5 Å². The second-order valence-electron chi connectivity index (χ2n) is 6.67. The van der Waals surface area contributed by atoms with Gasteiger partial charge in [-0.1, -0.05) is 6.07 Å². The Hall–Kier alpha value is -2.64. The van der Waals surface area contributed by atoms with E-state index in [-0.39, 0.29) is 30.2 Å². The number of aryl methyl sites for hydroxylation is 2. The fraction of sp³-hybridized carbons (Fsp3) is 0.316.